The molecule has 2 aromatic rings. The van der Waals surface area contributed by atoms with Crippen LogP contribution in [0.3, 0.4) is 0 Å². The monoisotopic (exact) mass is 1710 g/mol. The first kappa shape index (κ1) is 89.4. The van der Waals surface area contributed by atoms with Gasteiger partial charge in [-0.3, -0.25) is 34.1 Å². The summed E-state index contributed by atoms with van der Waals surface area (Å²) in [6, 6.07) is 5.38. The van der Waals surface area contributed by atoms with Gasteiger partial charge in [-0.25, -0.2) is 10.2 Å². The number of halogens is 1. The van der Waals surface area contributed by atoms with Gasteiger partial charge < -0.3 is 97.7 Å². The van der Waals surface area contributed by atoms with Crippen molar-refractivity contribution in [3.8, 4) is 46.7 Å². The summed E-state index contributed by atoms with van der Waals surface area (Å²) in [5, 5.41) is 65.0. The number of hydroxylamine groups is 1. The zero-order valence-electron chi connectivity index (χ0n) is 63.9. The van der Waals surface area contributed by atoms with Crippen LogP contribution in [0.4, 0.5) is 4.79 Å². The lowest BCUT2D eigenvalue weighted by Gasteiger charge is -2.47. The quantitative estimate of drug-likeness (QED) is 0.0115. The van der Waals surface area contributed by atoms with Crippen LogP contribution in [0.15, 0.2) is 64.4 Å². The summed E-state index contributed by atoms with van der Waals surface area (Å²) >= 11 is 2.78. The summed E-state index contributed by atoms with van der Waals surface area (Å²) in [7, 11) is 9.36. The maximum atomic E-state index is 14.7. The minimum absolute atomic E-state index is 0.00224. The van der Waals surface area contributed by atoms with Crippen molar-refractivity contribution < 1.29 is 121 Å². The SMILES string of the molecule is CCN(C(C)=O)[C@H]1CO[C@@H](O[C@H]2[C@H](O[C@@H]3C#C/C=C\C#CCC[C@]4(O)CC(=O)C(NC(=O)OC)=C3/C4=C\CSSC(C)(C)CC(=O)N/N=C(\C)c3ccc(OCCCC(N)=O)cc3)O[C@H](C)[C@@H](NO[C@H]3C[C@H](O)[C@H](SC(=O)c4c(C)c(I)c(O[C@@H]5O[C@@H](C)[C@H](O)[C@@H](OC)[C@H]5O)c(OC)c4OC)[C@@H](C)O3)[C@@H]2O)C[C@@H]1OC. The number of nitrogens with one attached hydrogen (secondary N) is 3. The molecule has 0 unspecified atom stereocenters. The van der Waals surface area contributed by atoms with E-state index < -0.39 is 149 Å². The number of thioether (sulfide) groups is 1. The Morgan fingerprint density at radius 1 is 0.873 bits per heavy atom. The van der Waals surface area contributed by atoms with Crippen LogP contribution in [-0.2, 0) is 66.6 Å². The molecule has 4 aliphatic heterocycles. The number of ketones is 1. The zero-order chi connectivity index (χ0) is 80.5. The number of hydrazone groups is 1. The molecule has 0 spiro atoms. The van der Waals surface area contributed by atoms with Crippen molar-refractivity contribution in [1.82, 2.24) is 21.1 Å². The molecule has 6 aliphatic rings. The molecule has 4 saturated heterocycles. The number of benzene rings is 2. The Morgan fingerprint density at radius 3 is 2.24 bits per heavy atom. The predicted octanol–water partition coefficient (Wildman–Crippen LogP) is 5.31. The third-order valence-corrected chi connectivity index (χ3v) is 25.0. The van der Waals surface area contributed by atoms with Crippen LogP contribution >= 0.6 is 55.9 Å². The normalized spacial score (nSPS) is 30.6. The summed E-state index contributed by atoms with van der Waals surface area (Å²) in [5.41, 5.74) is 10.4. The van der Waals surface area contributed by atoms with E-state index >= 15 is 0 Å². The third-order valence-electron chi connectivity index (χ3n) is 19.2. The second-order valence-corrected chi connectivity index (χ2v) is 32.7. The fraction of sp³-hybridized carbons (Fsp3) is 0.613. The fourth-order valence-electron chi connectivity index (χ4n) is 13.5. The van der Waals surface area contributed by atoms with Gasteiger partial charge in [0.2, 0.25) is 34.9 Å². The number of nitrogens with two attached hydrogens (primary N) is 1. The first-order valence-electron chi connectivity index (χ1n) is 35.8. The van der Waals surface area contributed by atoms with Crippen LogP contribution in [0, 0.1) is 34.2 Å². The highest BCUT2D eigenvalue weighted by Gasteiger charge is 2.53. The van der Waals surface area contributed by atoms with Crippen LogP contribution in [0.5, 0.6) is 23.0 Å². The molecule has 2 aliphatic carbocycles. The Bertz CT molecular complexity index is 3840. The standard InChI is InChI=1S/C75H101IN6O25S3/c1-15-82(43(7)83)47-37-100-54(34-51(47)94-10)105-67-62(89)59(81-107-55-33-48(84)69(42(6)101-55)109-70(91)56-38(2)58(76)65(68(97-13)64(56)95-11)106-71-63(90)66(96-12)61(88)41(5)103-71)40(4)102-72(67)104-50-23-20-18-16-17-19-21-30-75(93)35-49(85)60(78-73(92)98-14)57(50)46(75)29-32-108-110-74(8,9)36-53(87)80-79-39(3)44-25-27-45(28-26-44)99-31-22-24-52(77)86/h16,18,25-29,40-42,47-48,50-51,54-55,59,61-63,66-67,69,71-72,81,84,88-90,93H,15,21-22,24,30-37H2,1-14H3,(H2,77,86)(H,78,92)(H,80,87)/b18-16-,46-29+,79-39+/t40-,41+,42-,47+,48+,50-,51+,54+,55+,59-,61+,62+,63-,66-,67-,69-,71+,72+,75+/m1/s1. The molecule has 8 rings (SSSR count). The van der Waals surface area contributed by atoms with Crippen molar-refractivity contribution in [2.24, 2.45) is 10.8 Å². The third kappa shape index (κ3) is 22.7. The summed E-state index contributed by atoms with van der Waals surface area (Å²) in [6.07, 6.45) is -14.7. The number of aliphatic hydroxyl groups is 5. The summed E-state index contributed by atoms with van der Waals surface area (Å²) in [6.45, 7) is 15.9. The first-order valence-corrected chi connectivity index (χ1v) is 40.1. The van der Waals surface area contributed by atoms with Gasteiger partial charge in [0.1, 0.15) is 42.4 Å². The maximum Gasteiger partial charge on any atom is 0.411 e. The number of aliphatic hydroxyl groups excluding tert-OH is 4. The molecule has 0 aromatic heterocycles. The predicted molar refractivity (Wildman–Crippen MR) is 414 cm³/mol. The number of carbonyl (C=O) groups excluding carboxylic acids is 6. The average Bonchev–Trinajstić information content (AvgIpc) is 0.749. The van der Waals surface area contributed by atoms with E-state index in [-0.39, 0.29) is 102 Å². The molecule has 110 heavy (non-hydrogen) atoms. The van der Waals surface area contributed by atoms with Gasteiger partial charge in [0.05, 0.1) is 109 Å². The second kappa shape index (κ2) is 41.2. The average molecular weight is 1710 g/mol. The number of alkyl carbamates (subject to hydrolysis) is 1. The molecule has 10 N–H and O–H groups in total. The highest BCUT2D eigenvalue weighted by atomic mass is 127. The minimum atomic E-state index is -1.96. The Balaban J connectivity index is 1.03. The van der Waals surface area contributed by atoms with Gasteiger partial charge in [0.15, 0.2) is 36.2 Å². The smallest absolute Gasteiger partial charge is 0.411 e. The Hall–Kier alpha value is -6.15. The number of hydrogen-bond donors (Lipinski definition) is 9. The van der Waals surface area contributed by atoms with E-state index in [9.17, 15) is 54.3 Å². The summed E-state index contributed by atoms with van der Waals surface area (Å²) in [5.74, 6) is 11.0. The molecule has 4 heterocycles. The molecule has 35 heteroatoms. The van der Waals surface area contributed by atoms with Crippen molar-refractivity contribution in [3.05, 3.63) is 79.6 Å². The lowest BCUT2D eigenvalue weighted by Crippen LogP contribution is -2.65. The van der Waals surface area contributed by atoms with Gasteiger partial charge in [-0.2, -0.15) is 10.6 Å². The van der Waals surface area contributed by atoms with Crippen LogP contribution in [0.1, 0.15) is 128 Å². The number of amides is 4. The first-order chi connectivity index (χ1) is 52.3. The molecular formula is C75H101IN6O25S3. The molecule has 31 nitrogen and oxygen atoms in total. The van der Waals surface area contributed by atoms with E-state index in [0.717, 1.165) is 24.4 Å². The lowest BCUT2D eigenvalue weighted by molar-refractivity contribution is -0.337. The van der Waals surface area contributed by atoms with Crippen LogP contribution < -0.4 is 40.9 Å². The number of Topliss-reactive ketones (excluding diaryl/α,β-unsaturated/α-hetero) is 1. The lowest BCUT2D eigenvalue weighted by atomic mass is 9.73. The maximum absolute atomic E-state index is 14.7. The van der Waals surface area contributed by atoms with Crippen molar-refractivity contribution in [2.45, 2.75) is 234 Å². The summed E-state index contributed by atoms with van der Waals surface area (Å²) < 4.78 is 78.5. The zero-order valence-corrected chi connectivity index (χ0v) is 68.5. The highest BCUT2D eigenvalue weighted by Crippen LogP contribution is 2.50. The Labute approximate surface area is 666 Å². The van der Waals surface area contributed by atoms with Crippen LogP contribution in [-0.4, -0.2) is 252 Å². The minimum Gasteiger partial charge on any atom is -0.494 e. The molecule has 4 amide bonds. The van der Waals surface area contributed by atoms with Crippen LogP contribution in [0.2, 0.25) is 0 Å². The number of ether oxygens (including phenoxy) is 13. The molecule has 0 radical (unpaired) electrons. The van der Waals surface area contributed by atoms with Crippen molar-refractivity contribution in [2.75, 3.05) is 61.1 Å². The van der Waals surface area contributed by atoms with Gasteiger partial charge in [-0.05, 0) is 144 Å². The van der Waals surface area contributed by atoms with Gasteiger partial charge in [-0.15, -0.1) is 0 Å². The number of carbonyl (C=O) groups is 6. The van der Waals surface area contributed by atoms with Gasteiger partial charge in [-0.1, -0.05) is 63.1 Å². The number of likely N-dealkylation sites (N-methyl/N-ethyl adjacent to an activating group) is 1. The van der Waals surface area contributed by atoms with Crippen molar-refractivity contribution >= 4 is 96.4 Å². The molecule has 2 aromatic carbocycles. The number of rotatable bonds is 31. The Kier molecular flexibility index (Phi) is 33.5. The van der Waals surface area contributed by atoms with Gasteiger partial charge in [0, 0.05) is 82.3 Å². The number of fused-ring (bicyclic) bond motifs is 2. The molecular weight excluding hydrogens is 1610 g/mol. The fourth-order valence-corrected chi connectivity index (χ4v) is 17.6. The second-order valence-electron chi connectivity index (χ2n) is 27.5. The molecule has 606 valence electrons. The molecule has 2 bridgehead atoms. The molecule has 19 atom stereocenters. The van der Waals surface area contributed by atoms with Gasteiger partial charge in [0.25, 0.3) is 0 Å². The number of methoxy groups -OCH3 is 5. The van der Waals surface area contributed by atoms with E-state index in [0.29, 0.717) is 40.2 Å². The topological polar surface area (TPSA) is 411 Å². The Morgan fingerprint density at radius 2 is 1.58 bits per heavy atom. The summed E-state index contributed by atoms with van der Waals surface area (Å²) in [4.78, 5) is 88.0. The molecule has 0 saturated carbocycles. The van der Waals surface area contributed by atoms with Crippen molar-refractivity contribution in [1.29, 1.82) is 0 Å². The number of primary amides is 1. The number of nitrogens with zero attached hydrogens (tertiary/aromatic N) is 2. The largest absolute Gasteiger partial charge is 0.494 e. The van der Waals surface area contributed by atoms with Crippen LogP contribution in [0.25, 0.3) is 0 Å². The van der Waals surface area contributed by atoms with E-state index in [1.165, 1.54) is 69.1 Å². The van der Waals surface area contributed by atoms with Gasteiger partial charge >= 0.3 is 6.09 Å². The molecule has 4 fully saturated rings. The highest BCUT2D eigenvalue weighted by molar-refractivity contribution is 14.1. The van der Waals surface area contributed by atoms with Crippen molar-refractivity contribution in [3.63, 3.8) is 0 Å². The van der Waals surface area contributed by atoms with E-state index in [1.54, 1.807) is 69.9 Å². The van der Waals surface area contributed by atoms with E-state index in [4.69, 9.17) is 72.2 Å². The van der Waals surface area contributed by atoms with E-state index in [2.05, 4.69) is 45.0 Å². The van der Waals surface area contributed by atoms with E-state index in [1.807, 2.05) is 43.4 Å². The number of hydrogen-bond acceptors (Lipinski definition) is 30. The number of allylic oxidation sites excluding steroid dienone is 3.